The van der Waals surface area contributed by atoms with E-state index in [-0.39, 0.29) is 5.41 Å². The lowest BCUT2D eigenvalue weighted by atomic mass is 9.82. The Balaban J connectivity index is 0.974. The van der Waals surface area contributed by atoms with Crippen molar-refractivity contribution < 1.29 is 8.83 Å². The highest BCUT2D eigenvalue weighted by molar-refractivity contribution is 7.26. The molecule has 1 aliphatic carbocycles. The normalized spacial score (nSPS) is 13.2. The molecule has 61 heavy (non-hydrogen) atoms. The summed E-state index contributed by atoms with van der Waals surface area (Å²) < 4.78 is 15.3. The van der Waals surface area contributed by atoms with Gasteiger partial charge in [-0.3, -0.25) is 0 Å². The number of fused-ring (bicyclic) bond motifs is 13. The summed E-state index contributed by atoms with van der Waals surface area (Å²) in [5, 5.41) is 5.34. The number of para-hydroxylation sites is 3. The Kier molecular flexibility index (Phi) is 7.17. The van der Waals surface area contributed by atoms with Crippen LogP contribution in [0, 0.1) is 0 Å². The minimum atomic E-state index is -0.111. The molecule has 5 nitrogen and oxygen atoms in total. The van der Waals surface area contributed by atoms with E-state index < -0.39 is 0 Å². The van der Waals surface area contributed by atoms with Gasteiger partial charge in [0, 0.05) is 65.2 Å². The predicted octanol–water partition coefficient (Wildman–Crippen LogP) is 15.8. The summed E-state index contributed by atoms with van der Waals surface area (Å²) in [5.74, 6) is 0.664. The topological polar surface area (TPSA) is 55.3 Å². The van der Waals surface area contributed by atoms with Gasteiger partial charge < -0.3 is 13.7 Å². The van der Waals surface area contributed by atoms with Crippen LogP contribution in [0.2, 0.25) is 0 Å². The number of hydrogen-bond acceptors (Lipinski definition) is 6. The standard InChI is InChI=1S/C55H35N3O2S/c1-55(2)42-20-9-6-15-36(42)37-28-27-35(31-43(37)55)58(33-13-4-3-5-14-33)34-25-23-32(24-26-34)54-56-50-39-17-8-11-22-47(39)61-53(50)51(57-54)41-19-12-18-40-49-46(60-52(40)41)30-29-45-48(49)38-16-7-10-21-44(38)59-45/h3-31H,1-2H3. The van der Waals surface area contributed by atoms with E-state index in [0.717, 1.165) is 93.4 Å². The van der Waals surface area contributed by atoms with Crippen molar-refractivity contribution in [3.8, 4) is 33.8 Å². The average Bonchev–Trinajstić information content (AvgIpc) is 4.05. The molecule has 0 amide bonds. The SMILES string of the molecule is CC1(C)c2ccccc2-c2ccc(N(c3ccccc3)c3ccc(-c4nc(-c5cccc6c5oc5ccc7oc8ccccc8c7c56)c5sc6ccccc6c5n4)cc3)cc21. The third-order valence-electron chi connectivity index (χ3n) is 12.7. The van der Waals surface area contributed by atoms with Crippen molar-refractivity contribution in [1.29, 1.82) is 0 Å². The molecule has 0 N–H and O–H groups in total. The Labute approximate surface area is 354 Å². The third-order valence-corrected chi connectivity index (χ3v) is 13.9. The molecule has 0 unspecified atom stereocenters. The monoisotopic (exact) mass is 801 g/mol. The maximum Gasteiger partial charge on any atom is 0.160 e. The number of benzene rings is 8. The van der Waals surface area contributed by atoms with Crippen molar-refractivity contribution >= 4 is 92.6 Å². The number of furan rings is 2. The Bertz CT molecular complexity index is 3750. The lowest BCUT2D eigenvalue weighted by Gasteiger charge is -2.28. The second-order valence-corrected chi connectivity index (χ2v) is 17.5. The molecule has 0 bridgehead atoms. The molecule has 1 aliphatic rings. The van der Waals surface area contributed by atoms with Crippen molar-refractivity contribution in [1.82, 2.24) is 9.97 Å². The Morgan fingerprint density at radius 1 is 0.492 bits per heavy atom. The fraction of sp³-hybridized carbons (Fsp3) is 0.0545. The lowest BCUT2D eigenvalue weighted by Crippen LogP contribution is -2.16. The van der Waals surface area contributed by atoms with Crippen LogP contribution in [0.4, 0.5) is 17.1 Å². The van der Waals surface area contributed by atoms with Crippen LogP contribution in [-0.4, -0.2) is 9.97 Å². The maximum atomic E-state index is 6.82. The molecule has 4 heterocycles. The van der Waals surface area contributed by atoms with Crippen molar-refractivity contribution in [2.75, 3.05) is 4.90 Å². The minimum absolute atomic E-state index is 0.111. The molecule has 0 atom stereocenters. The van der Waals surface area contributed by atoms with Crippen LogP contribution in [0.1, 0.15) is 25.0 Å². The lowest BCUT2D eigenvalue weighted by molar-refractivity contribution is 0.660. The minimum Gasteiger partial charge on any atom is -0.456 e. The summed E-state index contributed by atoms with van der Waals surface area (Å²) >= 11 is 1.73. The van der Waals surface area contributed by atoms with Gasteiger partial charge in [0.2, 0.25) is 0 Å². The number of aromatic nitrogens is 2. The highest BCUT2D eigenvalue weighted by atomic mass is 32.1. The van der Waals surface area contributed by atoms with Gasteiger partial charge in [-0.15, -0.1) is 11.3 Å². The van der Waals surface area contributed by atoms with Gasteiger partial charge in [-0.05, 0) is 101 Å². The van der Waals surface area contributed by atoms with Gasteiger partial charge in [0.15, 0.2) is 5.82 Å². The molecule has 6 heteroatoms. The van der Waals surface area contributed by atoms with E-state index in [1.165, 1.54) is 27.0 Å². The van der Waals surface area contributed by atoms with Crippen molar-refractivity contribution in [3.63, 3.8) is 0 Å². The zero-order valence-electron chi connectivity index (χ0n) is 33.3. The molecule has 12 aromatic rings. The summed E-state index contributed by atoms with van der Waals surface area (Å²) in [6.07, 6.45) is 0. The zero-order chi connectivity index (χ0) is 40.4. The molecule has 0 saturated carbocycles. The number of nitrogens with zero attached hydrogens (tertiary/aromatic N) is 3. The molecule has 0 saturated heterocycles. The van der Waals surface area contributed by atoms with Crippen molar-refractivity contribution in [2.24, 2.45) is 0 Å². The molecular formula is C55H35N3O2S. The molecule has 0 radical (unpaired) electrons. The second kappa shape index (κ2) is 12.7. The van der Waals surface area contributed by atoms with Crippen LogP contribution in [0.5, 0.6) is 0 Å². The molecule has 0 aliphatic heterocycles. The summed E-state index contributed by atoms with van der Waals surface area (Å²) in [7, 11) is 0. The molecular weight excluding hydrogens is 767 g/mol. The van der Waals surface area contributed by atoms with Crippen LogP contribution < -0.4 is 4.90 Å². The first-order chi connectivity index (χ1) is 30.0. The van der Waals surface area contributed by atoms with Gasteiger partial charge in [-0.25, -0.2) is 9.97 Å². The van der Waals surface area contributed by atoms with Gasteiger partial charge in [0.05, 0.1) is 15.9 Å². The van der Waals surface area contributed by atoms with Gasteiger partial charge >= 0.3 is 0 Å². The number of rotatable bonds is 5. The highest BCUT2D eigenvalue weighted by Crippen LogP contribution is 2.51. The van der Waals surface area contributed by atoms with Crippen LogP contribution in [0.25, 0.3) is 98.0 Å². The largest absolute Gasteiger partial charge is 0.456 e. The number of thiophene rings is 1. The Morgan fingerprint density at radius 3 is 2.02 bits per heavy atom. The zero-order valence-corrected chi connectivity index (χ0v) is 34.1. The first-order valence-corrected chi connectivity index (χ1v) is 21.5. The summed E-state index contributed by atoms with van der Waals surface area (Å²) in [6.45, 7) is 4.67. The average molecular weight is 802 g/mol. The molecule has 288 valence electrons. The quantitative estimate of drug-likeness (QED) is 0.173. The number of hydrogen-bond donors (Lipinski definition) is 0. The van der Waals surface area contributed by atoms with Crippen LogP contribution in [0.15, 0.2) is 185 Å². The highest BCUT2D eigenvalue weighted by Gasteiger charge is 2.36. The van der Waals surface area contributed by atoms with Gasteiger partial charge in [0.25, 0.3) is 0 Å². The van der Waals surface area contributed by atoms with Gasteiger partial charge in [-0.2, -0.15) is 0 Å². The van der Waals surface area contributed by atoms with Crippen molar-refractivity contribution in [3.05, 3.63) is 187 Å². The van der Waals surface area contributed by atoms with E-state index in [9.17, 15) is 0 Å². The summed E-state index contributed by atoms with van der Waals surface area (Å²) in [6, 6.07) is 62.1. The van der Waals surface area contributed by atoms with E-state index in [2.05, 4.69) is 170 Å². The summed E-state index contributed by atoms with van der Waals surface area (Å²) in [5.41, 5.74) is 15.5. The first-order valence-electron chi connectivity index (χ1n) is 20.6. The Hall–Kier alpha value is -7.54. The van der Waals surface area contributed by atoms with E-state index >= 15 is 0 Å². The molecule has 8 aromatic carbocycles. The van der Waals surface area contributed by atoms with E-state index in [1.54, 1.807) is 11.3 Å². The van der Waals surface area contributed by atoms with E-state index in [0.29, 0.717) is 5.82 Å². The summed E-state index contributed by atoms with van der Waals surface area (Å²) in [4.78, 5) is 13.1. The van der Waals surface area contributed by atoms with E-state index in [4.69, 9.17) is 18.8 Å². The van der Waals surface area contributed by atoms with Gasteiger partial charge in [0.1, 0.15) is 22.3 Å². The predicted molar refractivity (Wildman–Crippen MR) is 253 cm³/mol. The Morgan fingerprint density at radius 2 is 1.15 bits per heavy atom. The van der Waals surface area contributed by atoms with Crippen molar-refractivity contribution in [2.45, 2.75) is 19.3 Å². The van der Waals surface area contributed by atoms with Gasteiger partial charge in [-0.1, -0.05) is 111 Å². The van der Waals surface area contributed by atoms with E-state index in [1.807, 2.05) is 24.3 Å². The smallest absolute Gasteiger partial charge is 0.160 e. The fourth-order valence-corrected chi connectivity index (χ4v) is 11.0. The second-order valence-electron chi connectivity index (χ2n) is 16.5. The van der Waals surface area contributed by atoms with Crippen LogP contribution in [-0.2, 0) is 5.41 Å². The van der Waals surface area contributed by atoms with Crippen LogP contribution >= 0.6 is 11.3 Å². The van der Waals surface area contributed by atoms with Crippen LogP contribution in [0.3, 0.4) is 0 Å². The third kappa shape index (κ3) is 5.00. The number of anilines is 3. The molecule has 0 spiro atoms. The fourth-order valence-electron chi connectivity index (χ4n) is 9.81. The maximum absolute atomic E-state index is 6.82. The molecule has 13 rings (SSSR count). The molecule has 4 aromatic heterocycles. The molecule has 0 fully saturated rings. The first kappa shape index (κ1) is 34.3.